The van der Waals surface area contributed by atoms with E-state index in [9.17, 15) is 12.8 Å². The van der Waals surface area contributed by atoms with Gasteiger partial charge in [0.15, 0.2) is 0 Å². The quantitative estimate of drug-likeness (QED) is 0.751. The first kappa shape index (κ1) is 22.5. The molecule has 1 saturated heterocycles. The normalized spacial score (nSPS) is 23.3. The van der Waals surface area contributed by atoms with Gasteiger partial charge in [0, 0.05) is 25.7 Å². The second-order valence-electron chi connectivity index (χ2n) is 8.08. The Hall–Kier alpha value is -1.22. The molecular formula is C20H30ClFN4O2S. The van der Waals surface area contributed by atoms with E-state index in [1.165, 1.54) is 60.7 Å². The molecule has 162 valence electrons. The van der Waals surface area contributed by atoms with Crippen LogP contribution in [0.5, 0.6) is 0 Å². The second-order valence-corrected chi connectivity index (χ2v) is 10.0. The minimum absolute atomic E-state index is 0. The topological polar surface area (TPSA) is 73.8 Å². The van der Waals surface area contributed by atoms with Crippen molar-refractivity contribution in [2.45, 2.75) is 61.4 Å². The van der Waals surface area contributed by atoms with Gasteiger partial charge in [0.25, 0.3) is 0 Å². The average molecular weight is 445 g/mol. The van der Waals surface area contributed by atoms with Crippen LogP contribution in [0.3, 0.4) is 0 Å². The molecule has 2 fully saturated rings. The number of nitrogens with zero attached hydrogens (tertiary/aromatic N) is 2. The zero-order chi connectivity index (χ0) is 19.6. The van der Waals surface area contributed by atoms with Gasteiger partial charge in [0.2, 0.25) is 10.0 Å². The number of sulfonamides is 1. The van der Waals surface area contributed by atoms with Crippen molar-refractivity contribution in [3.05, 3.63) is 30.1 Å². The fourth-order valence-electron chi connectivity index (χ4n) is 4.60. The van der Waals surface area contributed by atoms with Gasteiger partial charge in [0.05, 0.1) is 17.0 Å². The van der Waals surface area contributed by atoms with E-state index in [0.717, 1.165) is 18.9 Å². The van der Waals surface area contributed by atoms with Gasteiger partial charge in [-0.15, -0.1) is 12.4 Å². The van der Waals surface area contributed by atoms with Crippen molar-refractivity contribution >= 4 is 28.3 Å². The fraction of sp³-hybridized carbons (Fsp3) is 0.650. The van der Waals surface area contributed by atoms with E-state index in [2.05, 4.69) is 10.6 Å². The molecule has 1 aromatic carbocycles. The lowest BCUT2D eigenvalue weighted by Crippen LogP contribution is -2.65. The van der Waals surface area contributed by atoms with Crippen LogP contribution in [0.4, 0.5) is 4.39 Å². The second kappa shape index (κ2) is 9.29. The first-order valence-corrected chi connectivity index (χ1v) is 11.8. The van der Waals surface area contributed by atoms with Crippen molar-refractivity contribution < 1.29 is 12.8 Å². The number of benzene rings is 1. The third-order valence-electron chi connectivity index (χ3n) is 6.27. The summed E-state index contributed by atoms with van der Waals surface area (Å²) in [6, 6.07) is 5.54. The molecule has 0 radical (unpaired) electrons. The van der Waals surface area contributed by atoms with Gasteiger partial charge in [-0.05, 0) is 49.9 Å². The molecule has 1 spiro atoms. The van der Waals surface area contributed by atoms with E-state index in [-0.39, 0.29) is 22.8 Å². The molecule has 1 aromatic rings. The molecule has 1 saturated carbocycles. The van der Waals surface area contributed by atoms with Gasteiger partial charge in [-0.3, -0.25) is 4.99 Å². The smallest absolute Gasteiger partial charge is 0.243 e. The molecule has 29 heavy (non-hydrogen) atoms. The number of nitrogens with one attached hydrogen (secondary N) is 2. The summed E-state index contributed by atoms with van der Waals surface area (Å²) in [5.41, 5.74) is -0.259. The molecule has 2 N–H and O–H groups in total. The van der Waals surface area contributed by atoms with Crippen molar-refractivity contribution in [3.8, 4) is 0 Å². The molecule has 0 bridgehead atoms. The Morgan fingerprint density at radius 1 is 1.10 bits per heavy atom. The SMILES string of the molecule is Cl.O=S(=O)(c1ccc(F)cc1)N1CCC2(CC1)NCCN=C2NC1CCCCC1. The zero-order valence-corrected chi connectivity index (χ0v) is 18.2. The van der Waals surface area contributed by atoms with Crippen LogP contribution in [-0.2, 0) is 10.0 Å². The summed E-state index contributed by atoms with van der Waals surface area (Å²) in [5.74, 6) is 0.585. The summed E-state index contributed by atoms with van der Waals surface area (Å²) in [6.07, 6.45) is 7.56. The van der Waals surface area contributed by atoms with Crippen molar-refractivity contribution in [3.63, 3.8) is 0 Å². The number of piperidine rings is 1. The summed E-state index contributed by atoms with van der Waals surface area (Å²) in [5, 5.41) is 7.32. The highest BCUT2D eigenvalue weighted by Crippen LogP contribution is 2.30. The van der Waals surface area contributed by atoms with Crippen LogP contribution < -0.4 is 10.6 Å². The highest BCUT2D eigenvalue weighted by molar-refractivity contribution is 7.89. The Kier molecular flexibility index (Phi) is 7.19. The number of aliphatic imine (C=N–C) groups is 1. The van der Waals surface area contributed by atoms with E-state index >= 15 is 0 Å². The summed E-state index contributed by atoms with van der Waals surface area (Å²) < 4.78 is 40.5. The van der Waals surface area contributed by atoms with E-state index in [4.69, 9.17) is 4.99 Å². The maximum absolute atomic E-state index is 13.2. The van der Waals surface area contributed by atoms with Crippen LogP contribution in [-0.4, -0.2) is 56.3 Å². The average Bonchev–Trinajstić information content (AvgIpc) is 2.71. The summed E-state index contributed by atoms with van der Waals surface area (Å²) in [4.78, 5) is 4.94. The molecular weight excluding hydrogens is 415 g/mol. The van der Waals surface area contributed by atoms with Gasteiger partial charge in [-0.25, -0.2) is 12.8 Å². The maximum Gasteiger partial charge on any atom is 0.243 e. The van der Waals surface area contributed by atoms with Crippen LogP contribution >= 0.6 is 12.4 Å². The molecule has 3 aliphatic rings. The van der Waals surface area contributed by atoms with Gasteiger partial charge in [-0.1, -0.05) is 19.3 Å². The predicted molar refractivity (Wildman–Crippen MR) is 115 cm³/mol. The molecule has 0 aromatic heterocycles. The van der Waals surface area contributed by atoms with Crippen LogP contribution in [0.25, 0.3) is 0 Å². The van der Waals surface area contributed by atoms with Crippen LogP contribution in [0.2, 0.25) is 0 Å². The highest BCUT2D eigenvalue weighted by Gasteiger charge is 2.43. The van der Waals surface area contributed by atoms with Crippen molar-refractivity contribution in [2.75, 3.05) is 26.2 Å². The van der Waals surface area contributed by atoms with Crippen LogP contribution in [0.15, 0.2) is 34.2 Å². The molecule has 0 unspecified atom stereocenters. The summed E-state index contributed by atoms with van der Waals surface area (Å²) in [7, 11) is -3.60. The maximum atomic E-state index is 13.2. The monoisotopic (exact) mass is 444 g/mol. The van der Waals surface area contributed by atoms with E-state index in [1.807, 2.05) is 0 Å². The Labute approximate surface area is 178 Å². The lowest BCUT2D eigenvalue weighted by molar-refractivity contribution is 0.238. The fourth-order valence-corrected chi connectivity index (χ4v) is 6.04. The summed E-state index contributed by atoms with van der Waals surface area (Å²) in [6.45, 7) is 2.44. The predicted octanol–water partition coefficient (Wildman–Crippen LogP) is 2.69. The minimum atomic E-state index is -3.60. The number of hydrogen-bond acceptors (Lipinski definition) is 5. The third kappa shape index (κ3) is 4.76. The molecule has 0 atom stereocenters. The van der Waals surface area contributed by atoms with Gasteiger partial charge < -0.3 is 10.6 Å². The Bertz CT molecular complexity index is 817. The number of amidine groups is 1. The molecule has 2 heterocycles. The Morgan fingerprint density at radius 2 is 1.76 bits per heavy atom. The lowest BCUT2D eigenvalue weighted by Gasteiger charge is -2.45. The van der Waals surface area contributed by atoms with Crippen LogP contribution in [0.1, 0.15) is 44.9 Å². The molecule has 0 amide bonds. The first-order valence-electron chi connectivity index (χ1n) is 10.3. The van der Waals surface area contributed by atoms with E-state index in [0.29, 0.717) is 32.0 Å². The summed E-state index contributed by atoms with van der Waals surface area (Å²) >= 11 is 0. The minimum Gasteiger partial charge on any atom is -0.370 e. The Morgan fingerprint density at radius 3 is 2.41 bits per heavy atom. The number of rotatable bonds is 3. The first-order chi connectivity index (χ1) is 13.5. The number of halogens is 2. The largest absolute Gasteiger partial charge is 0.370 e. The third-order valence-corrected chi connectivity index (χ3v) is 8.18. The van der Waals surface area contributed by atoms with Gasteiger partial charge in [-0.2, -0.15) is 4.31 Å². The van der Waals surface area contributed by atoms with E-state index < -0.39 is 15.8 Å². The van der Waals surface area contributed by atoms with Crippen LogP contribution in [0, 0.1) is 5.82 Å². The van der Waals surface area contributed by atoms with Crippen molar-refractivity contribution in [1.29, 1.82) is 0 Å². The van der Waals surface area contributed by atoms with Gasteiger partial charge in [0.1, 0.15) is 11.7 Å². The molecule has 6 nitrogen and oxygen atoms in total. The molecule has 9 heteroatoms. The van der Waals surface area contributed by atoms with Gasteiger partial charge >= 0.3 is 0 Å². The van der Waals surface area contributed by atoms with E-state index in [1.54, 1.807) is 0 Å². The molecule has 4 rings (SSSR count). The Balaban J connectivity index is 0.00000240. The zero-order valence-electron chi connectivity index (χ0n) is 16.6. The molecule has 1 aliphatic carbocycles. The highest BCUT2D eigenvalue weighted by atomic mass is 35.5. The number of hydrogen-bond donors (Lipinski definition) is 2. The lowest BCUT2D eigenvalue weighted by atomic mass is 9.84. The molecule has 2 aliphatic heterocycles. The standard InChI is InChI=1S/C20H29FN4O2S.ClH/c21-16-6-8-18(9-7-16)28(26,27)25-14-10-20(11-15-25)19(22-12-13-23-20)24-17-4-2-1-3-5-17;/h6-9,17,23H,1-5,10-15H2,(H,22,24);1H. The van der Waals surface area contributed by atoms with Crippen molar-refractivity contribution in [1.82, 2.24) is 14.9 Å². The van der Waals surface area contributed by atoms with Crippen molar-refractivity contribution in [2.24, 2.45) is 4.99 Å².